The fraction of sp³-hybridized carbons (Fsp3) is 0.520. The molecule has 0 aliphatic heterocycles. The fourth-order valence-electron chi connectivity index (χ4n) is 4.88. The molecule has 1 amide bonds. The molecule has 10 heteroatoms. The second-order valence-electron chi connectivity index (χ2n) is 10.2. The fourth-order valence-corrected chi connectivity index (χ4v) is 5.40. The molecule has 0 bridgehead atoms. The molecule has 2 heterocycles. The lowest BCUT2D eigenvalue weighted by Gasteiger charge is -2.30. The predicted octanol–water partition coefficient (Wildman–Crippen LogP) is 3.76. The van der Waals surface area contributed by atoms with Crippen LogP contribution < -0.4 is 4.72 Å². The van der Waals surface area contributed by atoms with Crippen molar-refractivity contribution < 1.29 is 17.7 Å². The van der Waals surface area contributed by atoms with Gasteiger partial charge < -0.3 is 4.52 Å². The number of hydrogen-bond acceptors (Lipinski definition) is 7. The largest absolute Gasteiger partial charge is 0.332 e. The van der Waals surface area contributed by atoms with Gasteiger partial charge in [0.1, 0.15) is 0 Å². The van der Waals surface area contributed by atoms with Gasteiger partial charge in [-0.25, -0.2) is 8.42 Å². The Labute approximate surface area is 206 Å². The van der Waals surface area contributed by atoms with E-state index in [2.05, 4.69) is 35.6 Å². The number of carbonyl (C=O) groups is 1. The van der Waals surface area contributed by atoms with E-state index in [-0.39, 0.29) is 11.8 Å². The van der Waals surface area contributed by atoms with Gasteiger partial charge in [0, 0.05) is 29.8 Å². The van der Waals surface area contributed by atoms with Gasteiger partial charge in [-0.1, -0.05) is 19.0 Å². The Bertz CT molecular complexity index is 1360. The second-order valence-corrected chi connectivity index (χ2v) is 12.0. The van der Waals surface area contributed by atoms with E-state index < -0.39 is 15.9 Å². The van der Waals surface area contributed by atoms with Gasteiger partial charge in [-0.3, -0.25) is 14.2 Å². The van der Waals surface area contributed by atoms with Crippen molar-refractivity contribution in [1.29, 1.82) is 0 Å². The van der Waals surface area contributed by atoms with Gasteiger partial charge in [-0.05, 0) is 80.7 Å². The number of nitrogens with zero attached hydrogens (tertiary/aromatic N) is 4. The highest BCUT2D eigenvalue weighted by Gasteiger charge is 2.32. The number of benzene rings is 1. The summed E-state index contributed by atoms with van der Waals surface area (Å²) in [4.78, 5) is 16.6. The van der Waals surface area contributed by atoms with Crippen molar-refractivity contribution >= 4 is 15.9 Å². The second kappa shape index (κ2) is 9.22. The number of carbonyl (C=O) groups excluding carboxylic acids is 1. The molecule has 188 valence electrons. The Morgan fingerprint density at radius 3 is 2.54 bits per heavy atom. The quantitative estimate of drug-likeness (QED) is 0.525. The molecule has 1 N–H and O–H groups in total. The van der Waals surface area contributed by atoms with Gasteiger partial charge in [0.2, 0.25) is 21.8 Å². The van der Waals surface area contributed by atoms with Gasteiger partial charge in [0.25, 0.3) is 5.89 Å². The molecule has 2 aromatic heterocycles. The first-order valence-corrected chi connectivity index (χ1v) is 13.8. The molecule has 0 atom stereocenters. The molecular formula is C25H33N5O4S. The first-order valence-electron chi connectivity index (χ1n) is 11.9. The summed E-state index contributed by atoms with van der Waals surface area (Å²) in [5.41, 5.74) is 7.27. The van der Waals surface area contributed by atoms with Crippen LogP contribution in [0.25, 0.3) is 23.0 Å². The van der Waals surface area contributed by atoms with Crippen LogP contribution in [-0.4, -0.2) is 40.5 Å². The zero-order chi connectivity index (χ0) is 25.5. The standard InChI is InChI=1S/C25H33N5O4S/c1-7-30-20-14-25(4,5)11-10-19(20)22(27-30)24-26-23(28-34-24)17-12-15(2)18(16(3)13-17)8-9-21(31)29-35(6,32)33/h12-13H,7-11,14H2,1-6H3,(H,29,31). The zero-order valence-electron chi connectivity index (χ0n) is 21.2. The first kappa shape index (κ1) is 25.1. The molecule has 4 rings (SSSR count). The van der Waals surface area contributed by atoms with Crippen molar-refractivity contribution in [3.63, 3.8) is 0 Å². The van der Waals surface area contributed by atoms with E-state index in [0.717, 1.165) is 60.0 Å². The number of hydrogen-bond donors (Lipinski definition) is 1. The maximum Gasteiger partial charge on any atom is 0.279 e. The third-order valence-corrected chi connectivity index (χ3v) is 7.25. The van der Waals surface area contributed by atoms with Crippen molar-refractivity contribution in [3.05, 3.63) is 40.1 Å². The maximum atomic E-state index is 11.9. The lowest BCUT2D eigenvalue weighted by atomic mass is 9.76. The number of aromatic nitrogens is 4. The first-order chi connectivity index (χ1) is 16.4. The lowest BCUT2D eigenvalue weighted by molar-refractivity contribution is -0.119. The molecule has 0 saturated heterocycles. The topological polar surface area (TPSA) is 120 Å². The number of fused-ring (bicyclic) bond motifs is 1. The van der Waals surface area contributed by atoms with E-state index >= 15 is 0 Å². The average Bonchev–Trinajstić information content (AvgIpc) is 3.35. The molecule has 35 heavy (non-hydrogen) atoms. The summed E-state index contributed by atoms with van der Waals surface area (Å²) >= 11 is 0. The number of rotatable bonds is 7. The minimum atomic E-state index is -3.56. The molecule has 1 aliphatic rings. The molecule has 0 spiro atoms. The summed E-state index contributed by atoms with van der Waals surface area (Å²) in [6.45, 7) is 11.4. The maximum absolute atomic E-state index is 11.9. The van der Waals surface area contributed by atoms with Crippen molar-refractivity contribution in [2.75, 3.05) is 6.26 Å². The smallest absolute Gasteiger partial charge is 0.279 e. The van der Waals surface area contributed by atoms with Gasteiger partial charge in [-0.2, -0.15) is 10.1 Å². The Balaban J connectivity index is 1.58. The Hall–Kier alpha value is -3.01. The Kier molecular flexibility index (Phi) is 6.61. The van der Waals surface area contributed by atoms with Crippen LogP contribution in [0.5, 0.6) is 0 Å². The minimum absolute atomic E-state index is 0.0858. The summed E-state index contributed by atoms with van der Waals surface area (Å²) in [6.07, 6.45) is 4.50. The van der Waals surface area contributed by atoms with Crippen LogP contribution in [0.3, 0.4) is 0 Å². The van der Waals surface area contributed by atoms with E-state index in [4.69, 9.17) is 9.62 Å². The third kappa shape index (κ3) is 5.47. The van der Waals surface area contributed by atoms with E-state index in [1.54, 1.807) is 0 Å². The van der Waals surface area contributed by atoms with Crippen LogP contribution in [0, 0.1) is 19.3 Å². The van der Waals surface area contributed by atoms with Crippen LogP contribution >= 0.6 is 0 Å². The highest BCUT2D eigenvalue weighted by molar-refractivity contribution is 7.89. The normalized spacial score (nSPS) is 15.1. The van der Waals surface area contributed by atoms with E-state index in [1.165, 1.54) is 11.3 Å². The van der Waals surface area contributed by atoms with E-state index in [9.17, 15) is 13.2 Å². The number of sulfonamides is 1. The van der Waals surface area contributed by atoms with Crippen molar-refractivity contribution in [2.45, 2.75) is 73.3 Å². The third-order valence-electron chi connectivity index (χ3n) is 6.65. The highest BCUT2D eigenvalue weighted by Crippen LogP contribution is 2.39. The van der Waals surface area contributed by atoms with Crippen LogP contribution in [-0.2, 0) is 40.6 Å². The molecule has 9 nitrogen and oxygen atoms in total. The molecule has 1 aromatic carbocycles. The van der Waals surface area contributed by atoms with Crippen LogP contribution in [0.15, 0.2) is 16.7 Å². The van der Waals surface area contributed by atoms with Gasteiger partial charge in [0.15, 0.2) is 5.69 Å². The minimum Gasteiger partial charge on any atom is -0.332 e. The van der Waals surface area contributed by atoms with Crippen LogP contribution in [0.1, 0.15) is 61.6 Å². The van der Waals surface area contributed by atoms with E-state index in [1.807, 2.05) is 30.7 Å². The SMILES string of the molecule is CCn1nc(-c2nc(-c3cc(C)c(CCC(=O)NS(C)(=O)=O)c(C)c3)no2)c2c1CC(C)(C)CC2. The van der Waals surface area contributed by atoms with Crippen molar-refractivity contribution in [1.82, 2.24) is 24.6 Å². The number of nitrogens with one attached hydrogen (secondary N) is 1. The van der Waals surface area contributed by atoms with Crippen LogP contribution in [0.2, 0.25) is 0 Å². The molecule has 0 unspecified atom stereocenters. The van der Waals surface area contributed by atoms with Gasteiger partial charge in [0.05, 0.1) is 6.26 Å². The lowest BCUT2D eigenvalue weighted by Crippen LogP contribution is -2.29. The van der Waals surface area contributed by atoms with Crippen molar-refractivity contribution in [2.24, 2.45) is 5.41 Å². The van der Waals surface area contributed by atoms with Gasteiger partial charge >= 0.3 is 0 Å². The highest BCUT2D eigenvalue weighted by atomic mass is 32.2. The summed E-state index contributed by atoms with van der Waals surface area (Å²) in [5, 5.41) is 9.04. The summed E-state index contributed by atoms with van der Waals surface area (Å²) in [7, 11) is -3.56. The van der Waals surface area contributed by atoms with Crippen molar-refractivity contribution in [3.8, 4) is 23.0 Å². The summed E-state index contributed by atoms with van der Waals surface area (Å²) < 4.78 is 32.3. The molecule has 3 aromatic rings. The van der Waals surface area contributed by atoms with Gasteiger partial charge in [-0.15, -0.1) is 0 Å². The molecule has 1 aliphatic carbocycles. The zero-order valence-corrected chi connectivity index (χ0v) is 22.0. The summed E-state index contributed by atoms with van der Waals surface area (Å²) in [6, 6.07) is 3.93. The molecule has 0 fully saturated rings. The molecule has 0 radical (unpaired) electrons. The predicted molar refractivity (Wildman–Crippen MR) is 133 cm³/mol. The monoisotopic (exact) mass is 499 g/mol. The molecular weight excluding hydrogens is 466 g/mol. The number of aryl methyl sites for hydroxylation is 3. The molecule has 0 saturated carbocycles. The Morgan fingerprint density at radius 1 is 1.23 bits per heavy atom. The van der Waals surface area contributed by atoms with Crippen LogP contribution in [0.4, 0.5) is 0 Å². The summed E-state index contributed by atoms with van der Waals surface area (Å²) in [5.74, 6) is 0.403. The van der Waals surface area contributed by atoms with E-state index in [0.29, 0.717) is 18.1 Å². The number of amides is 1. The Morgan fingerprint density at radius 2 is 1.91 bits per heavy atom. The average molecular weight is 500 g/mol.